The van der Waals surface area contributed by atoms with Crippen LogP contribution in [-0.4, -0.2) is 22.8 Å². The van der Waals surface area contributed by atoms with Gasteiger partial charge in [0.05, 0.1) is 12.2 Å². The fourth-order valence-corrected chi connectivity index (χ4v) is 0.966. The smallest absolute Gasteiger partial charge is 0.334 e. The van der Waals surface area contributed by atoms with Crippen LogP contribution < -0.4 is 4.74 Å². The van der Waals surface area contributed by atoms with Gasteiger partial charge in [0, 0.05) is 0 Å². The number of carboxylic acid groups (broad SMARTS) is 1. The van der Waals surface area contributed by atoms with Gasteiger partial charge in [-0.05, 0) is 17.7 Å². The standard InChI is InChI=1S/C11H12O4/c1-8(11(13)14)7-15-10-4-2-3-9(5-10)6-12/h2-5,12H,1,6-7H2,(H,13,14). The second-order valence-corrected chi connectivity index (χ2v) is 3.00. The van der Waals surface area contributed by atoms with E-state index in [1.165, 1.54) is 0 Å². The van der Waals surface area contributed by atoms with E-state index in [2.05, 4.69) is 6.58 Å². The monoisotopic (exact) mass is 208 g/mol. The van der Waals surface area contributed by atoms with E-state index in [1.54, 1.807) is 24.3 Å². The number of aliphatic hydroxyl groups is 1. The number of carbonyl (C=O) groups is 1. The van der Waals surface area contributed by atoms with Crippen molar-refractivity contribution in [1.82, 2.24) is 0 Å². The Balaban J connectivity index is 2.57. The van der Waals surface area contributed by atoms with E-state index in [9.17, 15) is 4.79 Å². The maximum Gasteiger partial charge on any atom is 0.334 e. The number of hydrogen-bond acceptors (Lipinski definition) is 3. The van der Waals surface area contributed by atoms with Crippen molar-refractivity contribution >= 4 is 5.97 Å². The molecule has 0 aliphatic rings. The molecule has 0 fully saturated rings. The Kier molecular flexibility index (Phi) is 3.88. The average molecular weight is 208 g/mol. The largest absolute Gasteiger partial charge is 0.489 e. The van der Waals surface area contributed by atoms with Crippen LogP contribution in [0.4, 0.5) is 0 Å². The summed E-state index contributed by atoms with van der Waals surface area (Å²) in [6, 6.07) is 6.81. The van der Waals surface area contributed by atoms with Gasteiger partial charge in [-0.1, -0.05) is 18.7 Å². The number of aliphatic carboxylic acids is 1. The molecular formula is C11H12O4. The molecule has 1 rings (SSSR count). The van der Waals surface area contributed by atoms with E-state index in [-0.39, 0.29) is 18.8 Å². The highest BCUT2D eigenvalue weighted by molar-refractivity contribution is 5.86. The van der Waals surface area contributed by atoms with Gasteiger partial charge in [0.2, 0.25) is 0 Å². The van der Waals surface area contributed by atoms with Gasteiger partial charge >= 0.3 is 5.97 Å². The van der Waals surface area contributed by atoms with Crippen molar-refractivity contribution < 1.29 is 19.7 Å². The third-order valence-electron chi connectivity index (χ3n) is 1.80. The molecule has 0 atom stereocenters. The Morgan fingerprint density at radius 3 is 2.80 bits per heavy atom. The van der Waals surface area contributed by atoms with E-state index < -0.39 is 5.97 Å². The second-order valence-electron chi connectivity index (χ2n) is 3.00. The fraction of sp³-hybridized carbons (Fsp3) is 0.182. The van der Waals surface area contributed by atoms with Crippen molar-refractivity contribution in [2.75, 3.05) is 6.61 Å². The zero-order valence-electron chi connectivity index (χ0n) is 8.14. The van der Waals surface area contributed by atoms with Crippen LogP contribution in [0.1, 0.15) is 5.56 Å². The van der Waals surface area contributed by atoms with Gasteiger partial charge < -0.3 is 14.9 Å². The first-order valence-electron chi connectivity index (χ1n) is 4.37. The molecule has 0 spiro atoms. The van der Waals surface area contributed by atoms with E-state index >= 15 is 0 Å². The Hall–Kier alpha value is -1.81. The molecule has 4 heteroatoms. The van der Waals surface area contributed by atoms with E-state index in [1.807, 2.05) is 0 Å². The molecule has 80 valence electrons. The maximum absolute atomic E-state index is 10.4. The summed E-state index contributed by atoms with van der Waals surface area (Å²) < 4.78 is 5.18. The molecule has 15 heavy (non-hydrogen) atoms. The molecular weight excluding hydrogens is 196 g/mol. The Morgan fingerprint density at radius 2 is 2.20 bits per heavy atom. The normalized spacial score (nSPS) is 9.67. The predicted molar refractivity (Wildman–Crippen MR) is 54.6 cm³/mol. The lowest BCUT2D eigenvalue weighted by atomic mass is 10.2. The van der Waals surface area contributed by atoms with Gasteiger partial charge in [0.25, 0.3) is 0 Å². The lowest BCUT2D eigenvalue weighted by Gasteiger charge is -2.06. The average Bonchev–Trinajstić information content (AvgIpc) is 2.26. The molecule has 0 unspecified atom stereocenters. The van der Waals surface area contributed by atoms with Crippen LogP contribution in [0.3, 0.4) is 0 Å². The first kappa shape index (κ1) is 11.3. The van der Waals surface area contributed by atoms with Gasteiger partial charge in [-0.15, -0.1) is 0 Å². The van der Waals surface area contributed by atoms with Crippen LogP contribution in [-0.2, 0) is 11.4 Å². The van der Waals surface area contributed by atoms with Crippen LogP contribution in [0.5, 0.6) is 5.75 Å². The first-order chi connectivity index (χ1) is 7.13. The van der Waals surface area contributed by atoms with Crippen molar-refractivity contribution in [2.24, 2.45) is 0 Å². The van der Waals surface area contributed by atoms with E-state index in [4.69, 9.17) is 14.9 Å². The zero-order chi connectivity index (χ0) is 11.3. The van der Waals surface area contributed by atoms with Gasteiger partial charge in [0.15, 0.2) is 0 Å². The zero-order valence-corrected chi connectivity index (χ0v) is 8.14. The molecule has 0 amide bonds. The highest BCUT2D eigenvalue weighted by Crippen LogP contribution is 2.13. The summed E-state index contributed by atoms with van der Waals surface area (Å²) in [4.78, 5) is 10.4. The molecule has 1 aromatic carbocycles. The summed E-state index contributed by atoms with van der Waals surface area (Å²) in [5.74, 6) is -0.558. The van der Waals surface area contributed by atoms with E-state index in [0.717, 1.165) is 0 Å². The van der Waals surface area contributed by atoms with Gasteiger partial charge in [-0.3, -0.25) is 0 Å². The summed E-state index contributed by atoms with van der Waals surface area (Å²) in [5, 5.41) is 17.4. The summed E-state index contributed by atoms with van der Waals surface area (Å²) in [6.45, 7) is 3.20. The molecule has 0 radical (unpaired) electrons. The molecule has 2 N–H and O–H groups in total. The number of carboxylic acids is 1. The number of rotatable bonds is 5. The number of aliphatic hydroxyl groups excluding tert-OH is 1. The summed E-state index contributed by atoms with van der Waals surface area (Å²) in [5.41, 5.74) is 0.706. The maximum atomic E-state index is 10.4. The van der Waals surface area contributed by atoms with Gasteiger partial charge in [0.1, 0.15) is 12.4 Å². The van der Waals surface area contributed by atoms with Gasteiger partial charge in [-0.2, -0.15) is 0 Å². The fourth-order valence-electron chi connectivity index (χ4n) is 0.966. The number of hydrogen-bond donors (Lipinski definition) is 2. The minimum absolute atomic E-state index is 0.00981. The molecule has 0 aliphatic carbocycles. The van der Waals surface area contributed by atoms with Crippen molar-refractivity contribution in [2.45, 2.75) is 6.61 Å². The number of ether oxygens (including phenoxy) is 1. The highest BCUT2D eigenvalue weighted by Gasteiger charge is 2.04. The summed E-state index contributed by atoms with van der Waals surface area (Å²) >= 11 is 0. The van der Waals surface area contributed by atoms with Gasteiger partial charge in [-0.25, -0.2) is 4.79 Å². The predicted octanol–water partition coefficient (Wildman–Crippen LogP) is 1.20. The summed E-state index contributed by atoms with van der Waals surface area (Å²) in [6.07, 6.45) is 0. The van der Waals surface area contributed by atoms with Crippen LogP contribution in [0.15, 0.2) is 36.4 Å². The molecule has 0 heterocycles. The second kappa shape index (κ2) is 5.17. The quantitative estimate of drug-likeness (QED) is 0.713. The van der Waals surface area contributed by atoms with Crippen molar-refractivity contribution in [3.05, 3.63) is 42.0 Å². The highest BCUT2D eigenvalue weighted by atomic mass is 16.5. The SMILES string of the molecule is C=C(COc1cccc(CO)c1)C(=O)O. The number of benzene rings is 1. The van der Waals surface area contributed by atoms with Crippen LogP contribution >= 0.6 is 0 Å². The van der Waals surface area contributed by atoms with Crippen LogP contribution in [0.25, 0.3) is 0 Å². The lowest BCUT2D eigenvalue weighted by molar-refractivity contribution is -0.133. The Labute approximate surface area is 87.4 Å². The third kappa shape index (κ3) is 3.44. The van der Waals surface area contributed by atoms with Crippen molar-refractivity contribution in [3.63, 3.8) is 0 Å². The minimum Gasteiger partial charge on any atom is -0.489 e. The Bertz CT molecular complexity index is 371. The lowest BCUT2D eigenvalue weighted by Crippen LogP contribution is -2.08. The molecule has 1 aromatic rings. The third-order valence-corrected chi connectivity index (χ3v) is 1.80. The van der Waals surface area contributed by atoms with Crippen LogP contribution in [0.2, 0.25) is 0 Å². The van der Waals surface area contributed by atoms with E-state index in [0.29, 0.717) is 11.3 Å². The molecule has 0 bridgehead atoms. The minimum atomic E-state index is -1.08. The molecule has 0 saturated carbocycles. The van der Waals surface area contributed by atoms with Crippen LogP contribution in [0, 0.1) is 0 Å². The van der Waals surface area contributed by atoms with Crippen molar-refractivity contribution in [3.8, 4) is 5.75 Å². The Morgan fingerprint density at radius 1 is 1.47 bits per heavy atom. The molecule has 0 saturated heterocycles. The van der Waals surface area contributed by atoms with Crippen molar-refractivity contribution in [1.29, 1.82) is 0 Å². The topological polar surface area (TPSA) is 66.8 Å². The molecule has 0 aromatic heterocycles. The molecule has 0 aliphatic heterocycles. The summed E-state index contributed by atoms with van der Waals surface area (Å²) in [7, 11) is 0. The molecule has 4 nitrogen and oxygen atoms in total. The first-order valence-corrected chi connectivity index (χ1v) is 4.37.